The lowest BCUT2D eigenvalue weighted by atomic mass is 10.1. The Kier molecular flexibility index (Phi) is 2.68. The van der Waals surface area contributed by atoms with Gasteiger partial charge in [0.1, 0.15) is 5.78 Å². The Bertz CT molecular complexity index is 440. The van der Waals surface area contributed by atoms with E-state index in [9.17, 15) is 4.79 Å². The average molecular weight is 199 g/mol. The minimum absolute atomic E-state index is 0.197. The molecule has 0 spiro atoms. The molecule has 2 aromatic rings. The summed E-state index contributed by atoms with van der Waals surface area (Å²) in [6, 6.07) is 12.1. The quantitative estimate of drug-likeness (QED) is 0.810. The number of benzene rings is 1. The fraction of sp³-hybridized carbons (Fsp3) is 0.154. The van der Waals surface area contributed by atoms with Gasteiger partial charge in [0, 0.05) is 18.3 Å². The van der Waals surface area contributed by atoms with Gasteiger partial charge in [-0.15, -0.1) is 0 Å². The Balaban J connectivity index is 2.21. The predicted octanol–water partition coefficient (Wildman–Crippen LogP) is 2.81. The molecule has 0 radical (unpaired) electrons. The lowest BCUT2D eigenvalue weighted by Gasteiger charge is -2.00. The van der Waals surface area contributed by atoms with Gasteiger partial charge in [0.05, 0.1) is 0 Å². The van der Waals surface area contributed by atoms with Gasteiger partial charge in [-0.05, 0) is 30.2 Å². The zero-order valence-corrected chi connectivity index (χ0v) is 8.66. The second kappa shape index (κ2) is 4.13. The Hall–Kier alpha value is -1.83. The number of aromatic nitrogens is 1. The summed E-state index contributed by atoms with van der Waals surface area (Å²) < 4.78 is 0. The first-order chi connectivity index (χ1) is 7.25. The highest BCUT2D eigenvalue weighted by Gasteiger charge is 1.99. The SMILES string of the molecule is CC(=O)Cc1ccc(-c2ccc[nH]2)cc1. The summed E-state index contributed by atoms with van der Waals surface area (Å²) in [6.45, 7) is 1.61. The summed E-state index contributed by atoms with van der Waals surface area (Å²) in [4.78, 5) is 14.1. The molecule has 0 saturated carbocycles. The first-order valence-electron chi connectivity index (χ1n) is 4.98. The van der Waals surface area contributed by atoms with Crippen LogP contribution in [0.15, 0.2) is 42.6 Å². The molecular formula is C13H13NO. The van der Waals surface area contributed by atoms with Crippen molar-refractivity contribution in [2.24, 2.45) is 0 Å². The van der Waals surface area contributed by atoms with Crippen LogP contribution in [0.1, 0.15) is 12.5 Å². The molecule has 1 heterocycles. The van der Waals surface area contributed by atoms with Gasteiger partial charge in [-0.2, -0.15) is 0 Å². The Morgan fingerprint density at radius 3 is 2.47 bits per heavy atom. The molecule has 0 bridgehead atoms. The van der Waals surface area contributed by atoms with Crippen LogP contribution in [-0.2, 0) is 11.2 Å². The molecule has 1 N–H and O–H groups in total. The Morgan fingerprint density at radius 1 is 1.20 bits per heavy atom. The van der Waals surface area contributed by atoms with Gasteiger partial charge in [-0.3, -0.25) is 4.79 Å². The third kappa shape index (κ3) is 2.34. The molecule has 2 rings (SSSR count). The average Bonchev–Trinajstić information content (AvgIpc) is 2.71. The summed E-state index contributed by atoms with van der Waals surface area (Å²) >= 11 is 0. The van der Waals surface area contributed by atoms with Crippen LogP contribution in [0.4, 0.5) is 0 Å². The minimum atomic E-state index is 0.197. The van der Waals surface area contributed by atoms with Gasteiger partial charge < -0.3 is 4.98 Å². The molecule has 0 fully saturated rings. The lowest BCUT2D eigenvalue weighted by Crippen LogP contribution is -1.95. The number of carbonyl (C=O) groups is 1. The molecule has 15 heavy (non-hydrogen) atoms. The van der Waals surface area contributed by atoms with E-state index in [0.29, 0.717) is 6.42 Å². The number of hydrogen-bond acceptors (Lipinski definition) is 1. The number of carbonyl (C=O) groups excluding carboxylic acids is 1. The van der Waals surface area contributed by atoms with Crippen molar-refractivity contribution in [2.75, 3.05) is 0 Å². The molecule has 2 heteroatoms. The molecule has 76 valence electrons. The van der Waals surface area contributed by atoms with Crippen LogP contribution >= 0.6 is 0 Å². The summed E-state index contributed by atoms with van der Waals surface area (Å²) in [5.74, 6) is 0.197. The monoisotopic (exact) mass is 199 g/mol. The smallest absolute Gasteiger partial charge is 0.134 e. The van der Waals surface area contributed by atoms with Crippen LogP contribution in [0.25, 0.3) is 11.3 Å². The molecule has 1 aromatic carbocycles. The predicted molar refractivity (Wildman–Crippen MR) is 60.6 cm³/mol. The molecule has 2 nitrogen and oxygen atoms in total. The van der Waals surface area contributed by atoms with Crippen LogP contribution in [-0.4, -0.2) is 10.8 Å². The second-order valence-corrected chi connectivity index (χ2v) is 3.66. The van der Waals surface area contributed by atoms with Gasteiger partial charge in [0.2, 0.25) is 0 Å². The number of ketones is 1. The van der Waals surface area contributed by atoms with E-state index in [4.69, 9.17) is 0 Å². The van der Waals surface area contributed by atoms with Crippen molar-refractivity contribution >= 4 is 5.78 Å². The summed E-state index contributed by atoms with van der Waals surface area (Å²) in [5, 5.41) is 0. The highest BCUT2D eigenvalue weighted by molar-refractivity contribution is 5.78. The van der Waals surface area contributed by atoms with Crippen molar-refractivity contribution < 1.29 is 4.79 Å². The maximum atomic E-state index is 10.9. The second-order valence-electron chi connectivity index (χ2n) is 3.66. The number of rotatable bonds is 3. The van der Waals surface area contributed by atoms with Gasteiger partial charge in [-0.25, -0.2) is 0 Å². The molecule has 1 aromatic heterocycles. The maximum Gasteiger partial charge on any atom is 0.134 e. The van der Waals surface area contributed by atoms with Crippen molar-refractivity contribution in [2.45, 2.75) is 13.3 Å². The van der Waals surface area contributed by atoms with E-state index in [-0.39, 0.29) is 5.78 Å². The Morgan fingerprint density at radius 2 is 1.93 bits per heavy atom. The zero-order chi connectivity index (χ0) is 10.7. The van der Waals surface area contributed by atoms with E-state index in [1.54, 1.807) is 6.92 Å². The molecular weight excluding hydrogens is 186 g/mol. The van der Waals surface area contributed by atoms with Crippen molar-refractivity contribution in [3.8, 4) is 11.3 Å². The molecule has 0 saturated heterocycles. The number of H-pyrrole nitrogens is 1. The van der Waals surface area contributed by atoms with Crippen molar-refractivity contribution in [1.82, 2.24) is 4.98 Å². The summed E-state index contributed by atoms with van der Waals surface area (Å²) in [7, 11) is 0. The van der Waals surface area contributed by atoms with Crippen LogP contribution in [0.5, 0.6) is 0 Å². The van der Waals surface area contributed by atoms with E-state index in [0.717, 1.165) is 16.8 Å². The fourth-order valence-electron chi connectivity index (χ4n) is 1.60. The summed E-state index contributed by atoms with van der Waals surface area (Å²) in [5.41, 5.74) is 3.31. The van der Waals surface area contributed by atoms with Gasteiger partial charge in [-0.1, -0.05) is 24.3 Å². The molecule has 0 unspecified atom stereocenters. The highest BCUT2D eigenvalue weighted by atomic mass is 16.1. The zero-order valence-electron chi connectivity index (χ0n) is 8.66. The molecule has 0 atom stereocenters. The number of aromatic amines is 1. The van der Waals surface area contributed by atoms with Crippen molar-refractivity contribution in [3.63, 3.8) is 0 Å². The normalized spacial score (nSPS) is 10.2. The van der Waals surface area contributed by atoms with Crippen LogP contribution < -0.4 is 0 Å². The molecule has 0 aliphatic heterocycles. The Labute approximate surface area is 89.0 Å². The van der Waals surface area contributed by atoms with E-state index in [2.05, 4.69) is 4.98 Å². The molecule has 0 aliphatic rings. The number of Topliss-reactive ketones (excluding diaryl/α,β-unsaturated/α-hetero) is 1. The first kappa shape index (κ1) is 9.71. The largest absolute Gasteiger partial charge is 0.361 e. The van der Waals surface area contributed by atoms with Crippen molar-refractivity contribution in [1.29, 1.82) is 0 Å². The van der Waals surface area contributed by atoms with E-state index in [1.165, 1.54) is 0 Å². The third-order valence-corrected chi connectivity index (χ3v) is 2.32. The minimum Gasteiger partial charge on any atom is -0.361 e. The molecule has 0 amide bonds. The highest BCUT2D eigenvalue weighted by Crippen LogP contribution is 2.17. The van der Waals surface area contributed by atoms with Crippen LogP contribution in [0.2, 0.25) is 0 Å². The van der Waals surface area contributed by atoms with Gasteiger partial charge >= 0.3 is 0 Å². The summed E-state index contributed by atoms with van der Waals surface area (Å²) in [6.07, 6.45) is 2.42. The molecule has 0 aliphatic carbocycles. The first-order valence-corrected chi connectivity index (χ1v) is 4.98. The third-order valence-electron chi connectivity index (χ3n) is 2.32. The van der Waals surface area contributed by atoms with Gasteiger partial charge in [0.15, 0.2) is 0 Å². The number of nitrogens with one attached hydrogen (secondary N) is 1. The standard InChI is InChI=1S/C13H13NO/c1-10(15)9-11-4-6-12(7-5-11)13-3-2-8-14-13/h2-8,14H,9H2,1H3. The van der Waals surface area contributed by atoms with E-state index in [1.807, 2.05) is 42.6 Å². The fourth-order valence-corrected chi connectivity index (χ4v) is 1.60. The topological polar surface area (TPSA) is 32.9 Å². The number of hydrogen-bond donors (Lipinski definition) is 1. The van der Waals surface area contributed by atoms with Gasteiger partial charge in [0.25, 0.3) is 0 Å². The lowest BCUT2D eigenvalue weighted by molar-refractivity contribution is -0.116. The van der Waals surface area contributed by atoms with Crippen LogP contribution in [0.3, 0.4) is 0 Å². The maximum absolute atomic E-state index is 10.9. The van der Waals surface area contributed by atoms with Crippen molar-refractivity contribution in [3.05, 3.63) is 48.2 Å². The van der Waals surface area contributed by atoms with E-state index < -0.39 is 0 Å². The van der Waals surface area contributed by atoms with E-state index >= 15 is 0 Å². The van der Waals surface area contributed by atoms with Crippen LogP contribution in [0, 0.1) is 0 Å².